The van der Waals surface area contributed by atoms with Gasteiger partial charge in [0.05, 0.1) is 46.8 Å². The highest BCUT2D eigenvalue weighted by molar-refractivity contribution is 14.1. The van der Waals surface area contributed by atoms with Gasteiger partial charge in [-0.05, 0) is 38.1 Å². The van der Waals surface area contributed by atoms with E-state index >= 15 is 0 Å². The summed E-state index contributed by atoms with van der Waals surface area (Å²) < 4.78 is 12.7. The summed E-state index contributed by atoms with van der Waals surface area (Å²) in [6.45, 7) is 5.17. The van der Waals surface area contributed by atoms with E-state index in [2.05, 4.69) is 25.5 Å². The number of nitrogens with zero attached hydrogens (tertiary/aromatic N) is 4. The Morgan fingerprint density at radius 1 is 1.29 bits per heavy atom. The quantitative estimate of drug-likeness (QED) is 0.417. The molecule has 0 aliphatic carbocycles. The van der Waals surface area contributed by atoms with E-state index in [1.807, 2.05) is 54.9 Å². The van der Waals surface area contributed by atoms with Gasteiger partial charge in [-0.2, -0.15) is 4.98 Å². The van der Waals surface area contributed by atoms with Crippen LogP contribution in [0.5, 0.6) is 5.75 Å². The van der Waals surface area contributed by atoms with Crippen LogP contribution in [0.2, 0.25) is 5.02 Å². The molecule has 1 fully saturated rings. The summed E-state index contributed by atoms with van der Waals surface area (Å²) in [5, 5.41) is 6.83. The molecule has 0 spiro atoms. The Labute approximate surface area is 215 Å². The fourth-order valence-corrected chi connectivity index (χ4v) is 4.55. The van der Waals surface area contributed by atoms with Crippen LogP contribution in [-0.2, 0) is 9.53 Å². The van der Waals surface area contributed by atoms with E-state index in [4.69, 9.17) is 21.1 Å². The van der Waals surface area contributed by atoms with Gasteiger partial charge in [0, 0.05) is 31.2 Å². The lowest BCUT2D eigenvalue weighted by Crippen LogP contribution is -2.46. The summed E-state index contributed by atoms with van der Waals surface area (Å²) >= 11 is 8.29. The van der Waals surface area contributed by atoms with Gasteiger partial charge in [0.1, 0.15) is 5.02 Å². The first-order valence-electron chi connectivity index (χ1n) is 10.6. The minimum absolute atomic E-state index is 0.0746. The smallest absolute Gasteiger partial charge is 0.302 e. The van der Waals surface area contributed by atoms with Crippen molar-refractivity contribution in [3.63, 3.8) is 0 Å². The summed E-state index contributed by atoms with van der Waals surface area (Å²) in [5.41, 5.74) is 1.08. The normalized spacial score (nSPS) is 18.1. The molecule has 1 aliphatic rings. The van der Waals surface area contributed by atoms with Gasteiger partial charge in [-0.15, -0.1) is 0 Å². The maximum absolute atomic E-state index is 12.6. The predicted molar refractivity (Wildman–Crippen MR) is 140 cm³/mol. The van der Waals surface area contributed by atoms with Crippen LogP contribution in [0.4, 0.5) is 17.5 Å². The van der Waals surface area contributed by atoms with E-state index in [1.54, 1.807) is 12.3 Å². The molecule has 0 radical (unpaired) electrons. The van der Waals surface area contributed by atoms with E-state index in [0.717, 1.165) is 11.1 Å². The van der Waals surface area contributed by atoms with Crippen molar-refractivity contribution in [3.8, 4) is 5.75 Å². The number of pyridine rings is 1. The molecule has 2 aromatic heterocycles. The van der Waals surface area contributed by atoms with Gasteiger partial charge >= 0.3 is 5.56 Å². The van der Waals surface area contributed by atoms with Gasteiger partial charge in [0.15, 0.2) is 18.2 Å². The number of rotatable bonds is 6. The van der Waals surface area contributed by atoms with Gasteiger partial charge in [-0.3, -0.25) is 9.59 Å². The van der Waals surface area contributed by atoms with Crippen LogP contribution < -0.4 is 25.8 Å². The standard InChI is InChI=1S/C22H24ClIN6O4/c1-12-9-29(10-13(2)34-12)22-26-8-16(23)20(28-22)27-15-4-5-17-14(6-15)7-18(21(32)30(17)24)33-11-19(31)25-3/h4-8,12-13H,9-11H2,1-3H3,(H,25,31)(H,26,27,28). The molecule has 10 nitrogen and oxygen atoms in total. The molecule has 1 amide bonds. The molecule has 4 rings (SSSR count). The van der Waals surface area contributed by atoms with Crippen LogP contribution in [0.3, 0.4) is 0 Å². The summed E-state index contributed by atoms with van der Waals surface area (Å²) in [6, 6.07) is 7.12. The fourth-order valence-electron chi connectivity index (χ4n) is 3.73. The molecule has 1 aromatic carbocycles. The third-order valence-corrected chi connectivity index (χ3v) is 6.48. The number of carbonyl (C=O) groups is 1. The highest BCUT2D eigenvalue weighted by Gasteiger charge is 2.24. The van der Waals surface area contributed by atoms with E-state index in [0.29, 0.717) is 35.4 Å². The predicted octanol–water partition coefficient (Wildman–Crippen LogP) is 3.13. The molecular weight excluding hydrogens is 575 g/mol. The molecule has 180 valence electrons. The maximum atomic E-state index is 12.6. The Morgan fingerprint density at radius 3 is 2.74 bits per heavy atom. The van der Waals surface area contributed by atoms with E-state index < -0.39 is 0 Å². The number of ether oxygens (including phenoxy) is 2. The van der Waals surface area contributed by atoms with Crippen LogP contribution >= 0.6 is 34.5 Å². The van der Waals surface area contributed by atoms with Crippen molar-refractivity contribution in [1.82, 2.24) is 18.1 Å². The zero-order valence-corrected chi connectivity index (χ0v) is 21.8. The number of fused-ring (bicyclic) bond motifs is 1. The van der Waals surface area contributed by atoms with Crippen LogP contribution in [0.1, 0.15) is 13.8 Å². The maximum Gasteiger partial charge on any atom is 0.302 e. The van der Waals surface area contributed by atoms with Crippen LogP contribution in [0.15, 0.2) is 35.3 Å². The molecule has 3 aromatic rings. The first kappa shape index (κ1) is 24.5. The number of nitrogens with one attached hydrogen (secondary N) is 2. The molecule has 1 saturated heterocycles. The van der Waals surface area contributed by atoms with E-state index in [-0.39, 0.29) is 36.0 Å². The molecule has 2 atom stereocenters. The first-order valence-corrected chi connectivity index (χ1v) is 12.0. The Morgan fingerprint density at radius 2 is 2.03 bits per heavy atom. The molecule has 0 bridgehead atoms. The lowest BCUT2D eigenvalue weighted by molar-refractivity contribution is -0.122. The minimum atomic E-state index is -0.338. The zero-order valence-electron chi connectivity index (χ0n) is 18.8. The highest BCUT2D eigenvalue weighted by Crippen LogP contribution is 2.29. The number of amides is 1. The van der Waals surface area contributed by atoms with Gasteiger partial charge in [0.2, 0.25) is 5.95 Å². The molecule has 34 heavy (non-hydrogen) atoms. The average molecular weight is 599 g/mol. The first-order chi connectivity index (χ1) is 16.2. The monoisotopic (exact) mass is 598 g/mol. The van der Waals surface area contributed by atoms with Crippen LogP contribution in [0.25, 0.3) is 10.9 Å². The SMILES string of the molecule is CNC(=O)COc1cc2cc(Nc3nc(N4CC(C)OC(C)C4)ncc3Cl)ccc2n(I)c1=O. The van der Waals surface area contributed by atoms with Gasteiger partial charge in [-0.25, -0.2) is 7.76 Å². The molecule has 12 heteroatoms. The zero-order chi connectivity index (χ0) is 24.4. The van der Waals surface area contributed by atoms with Gasteiger partial charge in [-0.1, -0.05) is 11.6 Å². The lowest BCUT2D eigenvalue weighted by atomic mass is 10.2. The van der Waals surface area contributed by atoms with Crippen LogP contribution in [-0.4, -0.2) is 57.6 Å². The number of morpholine rings is 1. The molecule has 3 heterocycles. The average Bonchev–Trinajstić information content (AvgIpc) is 2.81. The lowest BCUT2D eigenvalue weighted by Gasteiger charge is -2.35. The Bertz CT molecular complexity index is 1280. The second kappa shape index (κ2) is 10.3. The number of carbonyl (C=O) groups excluding carboxylic acids is 1. The Balaban J connectivity index is 1.62. The van der Waals surface area contributed by atoms with E-state index in [1.165, 1.54) is 9.83 Å². The highest BCUT2D eigenvalue weighted by atomic mass is 127. The number of likely N-dealkylation sites (N-methyl/N-ethyl adjacent to an activating group) is 1. The van der Waals surface area contributed by atoms with Crippen LogP contribution in [0, 0.1) is 0 Å². The second-order valence-electron chi connectivity index (χ2n) is 7.98. The third kappa shape index (κ3) is 5.36. The molecule has 2 unspecified atom stereocenters. The van der Waals surface area contributed by atoms with Crippen molar-refractivity contribution in [1.29, 1.82) is 0 Å². The Kier molecular flexibility index (Phi) is 7.43. The number of benzene rings is 1. The molecule has 1 aliphatic heterocycles. The summed E-state index contributed by atoms with van der Waals surface area (Å²) in [7, 11) is 1.50. The van der Waals surface area contributed by atoms with E-state index in [9.17, 15) is 9.59 Å². The molecule has 2 N–H and O–H groups in total. The summed E-state index contributed by atoms with van der Waals surface area (Å²) in [4.78, 5) is 35.2. The fraction of sp³-hybridized carbons (Fsp3) is 0.364. The largest absolute Gasteiger partial charge is 0.478 e. The topological polar surface area (TPSA) is 111 Å². The van der Waals surface area contributed by atoms with Gasteiger partial charge < -0.3 is 25.0 Å². The summed E-state index contributed by atoms with van der Waals surface area (Å²) in [5.74, 6) is 0.797. The number of aromatic nitrogens is 3. The number of hydrogen-bond donors (Lipinski definition) is 2. The number of halogens is 2. The molecular formula is C22H24ClIN6O4. The minimum Gasteiger partial charge on any atom is -0.478 e. The van der Waals surface area contributed by atoms with Crippen molar-refractivity contribution >= 4 is 68.7 Å². The molecule has 0 saturated carbocycles. The van der Waals surface area contributed by atoms with Crippen molar-refractivity contribution in [3.05, 3.63) is 45.8 Å². The van der Waals surface area contributed by atoms with Crippen molar-refractivity contribution in [2.45, 2.75) is 26.1 Å². The summed E-state index contributed by atoms with van der Waals surface area (Å²) in [6.07, 6.45) is 1.72. The van der Waals surface area contributed by atoms with Crippen molar-refractivity contribution < 1.29 is 14.3 Å². The van der Waals surface area contributed by atoms with Crippen molar-refractivity contribution in [2.24, 2.45) is 0 Å². The van der Waals surface area contributed by atoms with Crippen molar-refractivity contribution in [2.75, 3.05) is 37.0 Å². The second-order valence-corrected chi connectivity index (χ2v) is 9.36. The Hall–Kier alpha value is -2.64. The van der Waals surface area contributed by atoms with Gasteiger partial charge in [0.25, 0.3) is 5.91 Å². The third-order valence-electron chi connectivity index (χ3n) is 5.25. The number of hydrogen-bond acceptors (Lipinski definition) is 8. The number of anilines is 3.